The number of rotatable bonds is 8. The number of ether oxygens (including phenoxy) is 1. The summed E-state index contributed by atoms with van der Waals surface area (Å²) in [6.07, 6.45) is 3.10. The molecule has 1 aromatic heterocycles. The number of thiazole rings is 1. The van der Waals surface area contributed by atoms with Gasteiger partial charge in [-0.1, -0.05) is 24.3 Å². The van der Waals surface area contributed by atoms with Crippen LogP contribution in [0.4, 0.5) is 0 Å². The number of nitrogens with zero attached hydrogens (tertiary/aromatic N) is 1. The number of hydrogen-bond acceptors (Lipinski definition) is 5. The summed E-state index contributed by atoms with van der Waals surface area (Å²) >= 11 is 1.64. The minimum Gasteiger partial charge on any atom is -0.748 e. The number of hydrogen-bond donors (Lipinski definition) is 0. The van der Waals surface area contributed by atoms with Crippen LogP contribution < -0.4 is 4.57 Å². The molecule has 0 fully saturated rings. The Bertz CT molecular complexity index is 838. The first-order chi connectivity index (χ1) is 11.3. The fourth-order valence-electron chi connectivity index (χ4n) is 2.52. The maximum atomic E-state index is 10.9. The van der Waals surface area contributed by atoms with Crippen molar-refractivity contribution in [2.24, 2.45) is 0 Å². The highest BCUT2D eigenvalue weighted by Gasteiger charge is 2.20. The van der Waals surface area contributed by atoms with Crippen molar-refractivity contribution in [1.29, 1.82) is 0 Å². The SMILES string of the molecule is CCO/C(=C\c1sc2ccc(C)cc2[n+]1CCCS(=O)(=O)[O-])CC. The van der Waals surface area contributed by atoms with E-state index in [0.717, 1.165) is 33.0 Å². The first-order valence-electron chi connectivity index (χ1n) is 8.04. The summed E-state index contributed by atoms with van der Waals surface area (Å²) in [5.41, 5.74) is 2.20. The quantitative estimate of drug-likeness (QED) is 0.407. The second-order valence-corrected chi connectivity index (χ2v) is 8.16. The Balaban J connectivity index is 2.43. The number of aromatic nitrogens is 1. The average Bonchev–Trinajstić information content (AvgIpc) is 2.83. The van der Waals surface area contributed by atoms with Gasteiger partial charge in [-0.3, -0.25) is 0 Å². The molecular weight excluding hydrogens is 346 g/mol. The molecule has 0 spiro atoms. The van der Waals surface area contributed by atoms with Crippen LogP contribution in [-0.2, 0) is 21.4 Å². The smallest absolute Gasteiger partial charge is 0.266 e. The highest BCUT2D eigenvalue weighted by molar-refractivity contribution is 7.85. The molecule has 2 aromatic rings. The monoisotopic (exact) mass is 369 g/mol. The first kappa shape index (κ1) is 18.9. The molecule has 0 aliphatic rings. The minimum atomic E-state index is -4.19. The van der Waals surface area contributed by atoms with Gasteiger partial charge in [0.2, 0.25) is 5.52 Å². The summed E-state index contributed by atoms with van der Waals surface area (Å²) in [6.45, 7) is 7.10. The van der Waals surface area contributed by atoms with E-state index < -0.39 is 10.1 Å². The molecule has 132 valence electrons. The summed E-state index contributed by atoms with van der Waals surface area (Å²) < 4.78 is 41.5. The van der Waals surface area contributed by atoms with E-state index in [9.17, 15) is 13.0 Å². The second kappa shape index (κ2) is 8.09. The van der Waals surface area contributed by atoms with Crippen molar-refractivity contribution >= 4 is 37.7 Å². The van der Waals surface area contributed by atoms with Crippen molar-refractivity contribution in [3.05, 3.63) is 34.5 Å². The summed E-state index contributed by atoms with van der Waals surface area (Å²) in [6, 6.07) is 6.21. The Morgan fingerprint density at radius 3 is 2.75 bits per heavy atom. The molecule has 0 radical (unpaired) electrons. The Morgan fingerprint density at radius 1 is 1.38 bits per heavy atom. The molecule has 0 aliphatic carbocycles. The van der Waals surface area contributed by atoms with Gasteiger partial charge in [0.1, 0.15) is 10.5 Å². The zero-order valence-corrected chi connectivity index (χ0v) is 15.9. The van der Waals surface area contributed by atoms with E-state index in [2.05, 4.69) is 22.8 Å². The van der Waals surface area contributed by atoms with Crippen molar-refractivity contribution in [2.75, 3.05) is 12.4 Å². The lowest BCUT2D eigenvalue weighted by Crippen LogP contribution is -2.36. The number of allylic oxidation sites excluding steroid dienone is 1. The molecule has 1 aromatic carbocycles. The fraction of sp³-hybridized carbons (Fsp3) is 0.471. The van der Waals surface area contributed by atoms with Gasteiger partial charge in [-0.15, -0.1) is 0 Å². The average molecular weight is 370 g/mol. The Hall–Kier alpha value is -1.44. The van der Waals surface area contributed by atoms with Crippen molar-refractivity contribution in [3.8, 4) is 0 Å². The molecular formula is C17H23NO4S2. The Morgan fingerprint density at radius 2 is 2.12 bits per heavy atom. The van der Waals surface area contributed by atoms with Crippen LogP contribution in [0.5, 0.6) is 0 Å². The van der Waals surface area contributed by atoms with Gasteiger partial charge in [0, 0.05) is 24.7 Å². The van der Waals surface area contributed by atoms with Crippen molar-refractivity contribution in [3.63, 3.8) is 0 Å². The van der Waals surface area contributed by atoms with Gasteiger partial charge < -0.3 is 9.29 Å². The van der Waals surface area contributed by atoms with E-state index in [1.165, 1.54) is 0 Å². The third-order valence-corrected chi connectivity index (χ3v) is 5.53. The van der Waals surface area contributed by atoms with Crippen LogP contribution in [0.1, 0.15) is 37.3 Å². The highest BCUT2D eigenvalue weighted by atomic mass is 32.2. The largest absolute Gasteiger partial charge is 0.748 e. The highest BCUT2D eigenvalue weighted by Crippen LogP contribution is 2.24. The third kappa shape index (κ3) is 5.03. The van der Waals surface area contributed by atoms with Crippen LogP contribution >= 0.6 is 11.3 Å². The van der Waals surface area contributed by atoms with Gasteiger partial charge in [0.25, 0.3) is 5.01 Å². The third-order valence-electron chi connectivity index (χ3n) is 3.62. The standard InChI is InChI=1S/C17H23NO4S2/c1-4-14(22-5-2)12-17-18(9-6-10-24(19,20)21)15-11-13(3)7-8-16(15)23-17/h7-8,11-12H,4-6,9-10H2,1-3H3/b14-12-. The summed E-state index contributed by atoms with van der Waals surface area (Å²) in [5, 5.41) is 1.00. The number of fused-ring (bicyclic) bond motifs is 1. The van der Waals surface area contributed by atoms with Crippen LogP contribution in [0.25, 0.3) is 16.3 Å². The Labute approximate surface area is 147 Å². The van der Waals surface area contributed by atoms with Gasteiger partial charge in [0.15, 0.2) is 6.54 Å². The van der Waals surface area contributed by atoms with Crippen LogP contribution in [-0.4, -0.2) is 25.3 Å². The molecule has 0 unspecified atom stereocenters. The Kier molecular flexibility index (Phi) is 6.37. The molecule has 0 amide bonds. The minimum absolute atomic E-state index is 0.299. The number of benzene rings is 1. The molecule has 0 atom stereocenters. The van der Waals surface area contributed by atoms with Gasteiger partial charge in [-0.25, -0.2) is 8.42 Å². The topological polar surface area (TPSA) is 70.3 Å². The summed E-state index contributed by atoms with van der Waals surface area (Å²) in [5.74, 6) is 0.546. The molecule has 0 saturated carbocycles. The van der Waals surface area contributed by atoms with Gasteiger partial charge >= 0.3 is 0 Å². The lowest BCUT2D eigenvalue weighted by atomic mass is 10.2. The lowest BCUT2D eigenvalue weighted by Gasteiger charge is -2.06. The normalized spacial score (nSPS) is 12.8. The molecule has 7 heteroatoms. The molecule has 0 N–H and O–H groups in total. The maximum Gasteiger partial charge on any atom is 0.266 e. The molecule has 0 aliphatic heterocycles. The van der Waals surface area contributed by atoms with Gasteiger partial charge in [0.05, 0.1) is 22.8 Å². The maximum absolute atomic E-state index is 10.9. The predicted molar refractivity (Wildman–Crippen MR) is 95.8 cm³/mol. The zero-order valence-electron chi connectivity index (χ0n) is 14.2. The van der Waals surface area contributed by atoms with E-state index in [1.54, 1.807) is 11.3 Å². The molecule has 1 heterocycles. The van der Waals surface area contributed by atoms with Crippen LogP contribution in [0, 0.1) is 6.92 Å². The molecule has 5 nitrogen and oxygen atoms in total. The summed E-state index contributed by atoms with van der Waals surface area (Å²) in [7, 11) is -4.19. The molecule has 24 heavy (non-hydrogen) atoms. The van der Waals surface area contributed by atoms with Crippen LogP contribution in [0.15, 0.2) is 24.0 Å². The fourth-order valence-corrected chi connectivity index (χ4v) is 4.13. The molecule has 2 rings (SSSR count). The van der Waals surface area contributed by atoms with E-state index in [-0.39, 0.29) is 5.75 Å². The molecule has 0 saturated heterocycles. The predicted octanol–water partition coefficient (Wildman–Crippen LogP) is 3.22. The first-order valence-corrected chi connectivity index (χ1v) is 10.4. The second-order valence-electron chi connectivity index (χ2n) is 5.58. The van der Waals surface area contributed by atoms with E-state index in [4.69, 9.17) is 4.74 Å². The zero-order chi connectivity index (χ0) is 17.7. The van der Waals surface area contributed by atoms with Gasteiger partial charge in [-0.2, -0.15) is 4.57 Å². The van der Waals surface area contributed by atoms with E-state index in [1.807, 2.05) is 26.8 Å². The van der Waals surface area contributed by atoms with Crippen LogP contribution in [0.2, 0.25) is 0 Å². The van der Waals surface area contributed by atoms with Crippen molar-refractivity contribution in [2.45, 2.75) is 40.2 Å². The van der Waals surface area contributed by atoms with Gasteiger partial charge in [-0.05, 0) is 25.5 Å². The van der Waals surface area contributed by atoms with Crippen molar-refractivity contribution < 1.29 is 22.3 Å². The molecule has 0 bridgehead atoms. The lowest BCUT2D eigenvalue weighted by molar-refractivity contribution is -0.668. The van der Waals surface area contributed by atoms with E-state index in [0.29, 0.717) is 19.6 Å². The van der Waals surface area contributed by atoms with Crippen LogP contribution in [0.3, 0.4) is 0 Å². The number of aryl methyl sites for hydroxylation is 2. The van der Waals surface area contributed by atoms with E-state index >= 15 is 0 Å². The van der Waals surface area contributed by atoms with Crippen molar-refractivity contribution in [1.82, 2.24) is 0 Å². The summed E-state index contributed by atoms with van der Waals surface area (Å²) in [4.78, 5) is 0.